The van der Waals surface area contributed by atoms with Crippen LogP contribution >= 0.6 is 0 Å². The van der Waals surface area contributed by atoms with Crippen LogP contribution in [0.5, 0.6) is 0 Å². The fraction of sp³-hybridized carbons (Fsp3) is 0.476. The molecule has 1 heterocycles. The molecule has 0 saturated heterocycles. The quantitative estimate of drug-likeness (QED) is 0.636. The van der Waals surface area contributed by atoms with Gasteiger partial charge >= 0.3 is 12.0 Å². The summed E-state index contributed by atoms with van der Waals surface area (Å²) in [5.41, 5.74) is 2.49. The van der Waals surface area contributed by atoms with Gasteiger partial charge in [-0.3, -0.25) is 14.4 Å². The second kappa shape index (κ2) is 8.24. The summed E-state index contributed by atoms with van der Waals surface area (Å²) in [4.78, 5) is 25.7. The zero-order valence-electron chi connectivity index (χ0n) is 16.5. The number of benzene rings is 1. The molecular weight excluding hydrogens is 370 g/mol. The molecule has 4 rings (SSSR count). The van der Waals surface area contributed by atoms with Gasteiger partial charge in [-0.2, -0.15) is 5.10 Å². The number of anilines is 1. The smallest absolute Gasteiger partial charge is 0.319 e. The Morgan fingerprint density at radius 2 is 1.97 bits per heavy atom. The van der Waals surface area contributed by atoms with Crippen LogP contribution in [0, 0.1) is 5.92 Å². The van der Waals surface area contributed by atoms with Gasteiger partial charge in [0, 0.05) is 31.2 Å². The largest absolute Gasteiger partial charge is 0.480 e. The van der Waals surface area contributed by atoms with Gasteiger partial charge in [-0.1, -0.05) is 30.3 Å². The Morgan fingerprint density at radius 1 is 1.24 bits per heavy atom. The normalized spacial score (nSPS) is 20.9. The predicted molar refractivity (Wildman–Crippen MR) is 110 cm³/mol. The highest BCUT2D eigenvalue weighted by Gasteiger charge is 2.37. The first-order chi connectivity index (χ1) is 14.0. The van der Waals surface area contributed by atoms with E-state index in [1.54, 1.807) is 10.9 Å². The lowest BCUT2D eigenvalue weighted by Crippen LogP contribution is -2.55. The van der Waals surface area contributed by atoms with E-state index in [4.69, 9.17) is 5.11 Å². The Labute approximate surface area is 169 Å². The topological polar surface area (TPSA) is 99.5 Å². The average molecular weight is 397 g/mol. The van der Waals surface area contributed by atoms with Crippen LogP contribution in [0.25, 0.3) is 11.3 Å². The van der Waals surface area contributed by atoms with Gasteiger partial charge < -0.3 is 15.7 Å². The first kappa shape index (κ1) is 19.4. The highest BCUT2D eigenvalue weighted by Crippen LogP contribution is 2.34. The van der Waals surface area contributed by atoms with Crippen molar-refractivity contribution in [3.8, 4) is 11.3 Å². The van der Waals surface area contributed by atoms with Crippen LogP contribution in [0.4, 0.5) is 10.5 Å². The Hall–Kier alpha value is -2.87. The van der Waals surface area contributed by atoms with Crippen LogP contribution in [0.15, 0.2) is 36.5 Å². The Bertz CT molecular complexity index is 872. The van der Waals surface area contributed by atoms with Gasteiger partial charge in [-0.25, -0.2) is 4.79 Å². The lowest BCUT2D eigenvalue weighted by Gasteiger charge is -2.42. The number of nitrogens with zero attached hydrogens (tertiary/aromatic N) is 3. The highest BCUT2D eigenvalue weighted by molar-refractivity contribution is 5.93. The molecule has 2 aliphatic rings. The average Bonchev–Trinajstić information content (AvgIpc) is 3.39. The van der Waals surface area contributed by atoms with Gasteiger partial charge in [-0.05, 0) is 31.6 Å². The van der Waals surface area contributed by atoms with Crippen molar-refractivity contribution >= 4 is 17.7 Å². The lowest BCUT2D eigenvalue weighted by molar-refractivity contribution is -0.139. The molecule has 0 aliphatic heterocycles. The maximum atomic E-state index is 12.5. The van der Waals surface area contributed by atoms with Gasteiger partial charge in [0.05, 0.1) is 24.1 Å². The third-order valence-corrected chi connectivity index (χ3v) is 5.73. The second-order valence-corrected chi connectivity index (χ2v) is 8.08. The van der Waals surface area contributed by atoms with Gasteiger partial charge in [0.2, 0.25) is 0 Å². The fourth-order valence-electron chi connectivity index (χ4n) is 3.96. The molecule has 2 aromatic rings. The van der Waals surface area contributed by atoms with Gasteiger partial charge in [-0.15, -0.1) is 0 Å². The molecule has 0 radical (unpaired) electrons. The minimum atomic E-state index is -0.787. The number of carboxylic acid groups (broad SMARTS) is 1. The molecule has 0 bridgehead atoms. The van der Waals surface area contributed by atoms with Crippen LogP contribution < -0.4 is 10.6 Å². The Kier molecular flexibility index (Phi) is 5.53. The van der Waals surface area contributed by atoms with Crippen molar-refractivity contribution in [2.45, 2.75) is 37.8 Å². The number of carbonyl (C=O) groups is 2. The molecule has 154 valence electrons. The van der Waals surface area contributed by atoms with Crippen LogP contribution in [0.1, 0.15) is 25.7 Å². The zero-order valence-corrected chi connectivity index (χ0v) is 16.5. The summed E-state index contributed by atoms with van der Waals surface area (Å²) in [5.74, 6) is -0.142. The van der Waals surface area contributed by atoms with E-state index in [1.807, 2.05) is 37.4 Å². The van der Waals surface area contributed by atoms with Crippen LogP contribution in [0.2, 0.25) is 0 Å². The van der Waals surface area contributed by atoms with Crippen molar-refractivity contribution in [1.29, 1.82) is 0 Å². The molecule has 8 heteroatoms. The maximum Gasteiger partial charge on any atom is 0.319 e. The number of carbonyl (C=O) groups excluding carboxylic acids is 1. The van der Waals surface area contributed by atoms with E-state index in [2.05, 4.69) is 20.6 Å². The number of aryl methyl sites for hydroxylation is 1. The lowest BCUT2D eigenvalue weighted by atomic mass is 9.85. The van der Waals surface area contributed by atoms with Crippen LogP contribution in [-0.2, 0) is 11.8 Å². The van der Waals surface area contributed by atoms with Crippen molar-refractivity contribution in [2.24, 2.45) is 13.0 Å². The molecule has 1 aromatic carbocycles. The van der Waals surface area contributed by atoms with Crippen LogP contribution in [-0.4, -0.2) is 57.0 Å². The van der Waals surface area contributed by atoms with Gasteiger partial charge in [0.1, 0.15) is 0 Å². The number of hydrogen-bond acceptors (Lipinski definition) is 4. The molecule has 1 aromatic heterocycles. The number of rotatable bonds is 8. The summed E-state index contributed by atoms with van der Waals surface area (Å²) >= 11 is 0. The minimum absolute atomic E-state index is 0.0624. The van der Waals surface area contributed by atoms with E-state index >= 15 is 0 Å². The predicted octanol–water partition coefficient (Wildman–Crippen LogP) is 2.54. The number of nitrogens with one attached hydrogen (secondary N) is 2. The highest BCUT2D eigenvalue weighted by atomic mass is 16.4. The van der Waals surface area contributed by atoms with Crippen molar-refractivity contribution in [2.75, 3.05) is 18.4 Å². The molecule has 8 nitrogen and oxygen atoms in total. The first-order valence-electron chi connectivity index (χ1n) is 10.1. The monoisotopic (exact) mass is 397 g/mol. The number of carboxylic acids is 1. The molecule has 3 N–H and O–H groups in total. The van der Waals surface area contributed by atoms with E-state index in [0.29, 0.717) is 11.6 Å². The van der Waals surface area contributed by atoms with E-state index in [0.717, 1.165) is 30.6 Å². The van der Waals surface area contributed by atoms with Gasteiger partial charge in [0.25, 0.3) is 0 Å². The molecule has 2 aliphatic carbocycles. The Morgan fingerprint density at radius 3 is 2.62 bits per heavy atom. The maximum absolute atomic E-state index is 12.5. The summed E-state index contributed by atoms with van der Waals surface area (Å²) in [6.07, 6.45) is 5.61. The zero-order chi connectivity index (χ0) is 20.4. The van der Waals surface area contributed by atoms with Gasteiger partial charge in [0.15, 0.2) is 0 Å². The number of hydrogen-bond donors (Lipinski definition) is 3. The molecule has 2 fully saturated rings. The molecule has 2 amide bonds. The van der Waals surface area contributed by atoms with Crippen LogP contribution in [0.3, 0.4) is 0 Å². The van der Waals surface area contributed by atoms with Crippen molar-refractivity contribution in [3.63, 3.8) is 0 Å². The molecule has 2 saturated carbocycles. The number of amides is 2. The second-order valence-electron chi connectivity index (χ2n) is 8.08. The summed E-state index contributed by atoms with van der Waals surface area (Å²) in [5, 5.41) is 19.3. The van der Waals surface area contributed by atoms with E-state index in [9.17, 15) is 9.59 Å². The van der Waals surface area contributed by atoms with Crippen molar-refractivity contribution < 1.29 is 14.7 Å². The molecular formula is C21H27N5O3. The van der Waals surface area contributed by atoms with Crippen molar-refractivity contribution in [3.05, 3.63) is 36.5 Å². The minimum Gasteiger partial charge on any atom is -0.480 e. The SMILES string of the molecule is Cn1ncc(NC(=O)NC2CC(N(CC(=O)O)CC3CC3)C2)c1-c1ccccc1. The molecule has 29 heavy (non-hydrogen) atoms. The van der Waals surface area contributed by atoms with E-state index < -0.39 is 5.97 Å². The molecule has 0 spiro atoms. The van der Waals surface area contributed by atoms with E-state index in [-0.39, 0.29) is 24.7 Å². The molecule has 0 unspecified atom stereocenters. The third kappa shape index (κ3) is 4.76. The summed E-state index contributed by atoms with van der Waals surface area (Å²) in [6, 6.07) is 9.84. The standard InChI is InChI=1S/C21H27N5O3/c1-25-20(15-5-3-2-4-6-15)18(11-22-25)24-21(29)23-16-9-17(10-16)26(13-19(27)28)12-14-7-8-14/h2-6,11,14,16-17H,7-10,12-13H2,1H3,(H,27,28)(H2,23,24,29). The summed E-state index contributed by atoms with van der Waals surface area (Å²) < 4.78 is 1.74. The first-order valence-corrected chi connectivity index (χ1v) is 10.1. The molecule has 0 atom stereocenters. The fourth-order valence-corrected chi connectivity index (χ4v) is 3.96. The number of aliphatic carboxylic acids is 1. The number of aromatic nitrogens is 2. The van der Waals surface area contributed by atoms with E-state index in [1.165, 1.54) is 12.8 Å². The number of urea groups is 1. The summed E-state index contributed by atoms with van der Waals surface area (Å²) in [6.45, 7) is 0.933. The third-order valence-electron chi connectivity index (χ3n) is 5.73. The van der Waals surface area contributed by atoms with Crippen molar-refractivity contribution in [1.82, 2.24) is 20.0 Å². The Balaban J connectivity index is 1.31. The summed E-state index contributed by atoms with van der Waals surface area (Å²) in [7, 11) is 1.85.